The number of nitrogens with one attached hydrogen (secondary N) is 2. The number of halogens is 1. The Morgan fingerprint density at radius 3 is 2.61 bits per heavy atom. The van der Waals surface area contributed by atoms with Gasteiger partial charge in [-0.1, -0.05) is 41.9 Å². The van der Waals surface area contributed by atoms with Crippen molar-refractivity contribution in [2.75, 3.05) is 10.6 Å². The zero-order chi connectivity index (χ0) is 16.2. The first kappa shape index (κ1) is 15.8. The smallest absolute Gasteiger partial charge is 0.227 e. The highest BCUT2D eigenvalue weighted by atomic mass is 35.5. The zero-order valence-corrected chi connectivity index (χ0v) is 13.4. The van der Waals surface area contributed by atoms with Crippen molar-refractivity contribution in [1.82, 2.24) is 0 Å². The minimum absolute atomic E-state index is 0.000600. The van der Waals surface area contributed by atoms with Gasteiger partial charge < -0.3 is 15.7 Å². The van der Waals surface area contributed by atoms with Gasteiger partial charge in [-0.15, -0.1) is 0 Å². The summed E-state index contributed by atoms with van der Waals surface area (Å²) in [6.07, 6.45) is 1.46. The van der Waals surface area contributed by atoms with Crippen molar-refractivity contribution in [2.24, 2.45) is 0 Å². The molecule has 0 aromatic heterocycles. The molecule has 0 heterocycles. The standard InChI is InChI=1S/C18H19ClN2O2/c19-13-6-9-15(20-14-7-8-14)16(10-13)21-18(23)11-17(22)12-4-2-1-3-5-12/h1-6,9-10,14,17,20,22H,7-8,11H2,(H,21,23). The summed E-state index contributed by atoms with van der Waals surface area (Å²) < 4.78 is 0. The molecule has 0 bridgehead atoms. The lowest BCUT2D eigenvalue weighted by Crippen LogP contribution is -2.17. The van der Waals surface area contributed by atoms with E-state index in [9.17, 15) is 9.90 Å². The van der Waals surface area contributed by atoms with Gasteiger partial charge in [-0.2, -0.15) is 0 Å². The predicted molar refractivity (Wildman–Crippen MR) is 92.7 cm³/mol. The van der Waals surface area contributed by atoms with Crippen LogP contribution in [-0.4, -0.2) is 17.1 Å². The molecule has 3 N–H and O–H groups in total. The number of hydrogen-bond donors (Lipinski definition) is 3. The summed E-state index contributed by atoms with van der Waals surface area (Å²) >= 11 is 6.03. The highest BCUT2D eigenvalue weighted by Gasteiger charge is 2.22. The van der Waals surface area contributed by atoms with E-state index in [-0.39, 0.29) is 12.3 Å². The lowest BCUT2D eigenvalue weighted by molar-refractivity contribution is -0.118. The Morgan fingerprint density at radius 1 is 1.17 bits per heavy atom. The van der Waals surface area contributed by atoms with Gasteiger partial charge in [-0.05, 0) is 36.6 Å². The van der Waals surface area contributed by atoms with E-state index in [0.29, 0.717) is 16.8 Å². The third-order valence-corrected chi connectivity index (χ3v) is 3.99. The minimum atomic E-state index is -0.824. The molecule has 1 aliphatic rings. The largest absolute Gasteiger partial charge is 0.388 e. The van der Waals surface area contributed by atoms with E-state index in [1.165, 1.54) is 0 Å². The Labute approximate surface area is 140 Å². The lowest BCUT2D eigenvalue weighted by atomic mass is 10.1. The average molecular weight is 331 g/mol. The SMILES string of the molecule is O=C(CC(O)c1ccccc1)Nc1cc(Cl)ccc1NC1CC1. The van der Waals surface area contributed by atoms with Crippen molar-refractivity contribution in [3.05, 3.63) is 59.1 Å². The molecule has 120 valence electrons. The number of benzene rings is 2. The Hall–Kier alpha value is -2.04. The van der Waals surface area contributed by atoms with Crippen LogP contribution in [0.2, 0.25) is 5.02 Å². The second kappa shape index (κ2) is 7.02. The van der Waals surface area contributed by atoms with Crippen molar-refractivity contribution in [3.8, 4) is 0 Å². The molecule has 0 saturated heterocycles. The third-order valence-electron chi connectivity index (χ3n) is 3.76. The molecule has 3 rings (SSSR count). The third kappa shape index (κ3) is 4.47. The van der Waals surface area contributed by atoms with Crippen LogP contribution >= 0.6 is 11.6 Å². The number of aliphatic hydroxyl groups is 1. The summed E-state index contributed by atoms with van der Waals surface area (Å²) in [4.78, 5) is 12.2. The van der Waals surface area contributed by atoms with E-state index >= 15 is 0 Å². The monoisotopic (exact) mass is 330 g/mol. The lowest BCUT2D eigenvalue weighted by Gasteiger charge is -2.15. The van der Waals surface area contributed by atoms with Crippen LogP contribution in [0, 0.1) is 0 Å². The van der Waals surface area contributed by atoms with Crippen molar-refractivity contribution >= 4 is 28.9 Å². The fraction of sp³-hybridized carbons (Fsp3) is 0.278. The number of rotatable bonds is 6. The molecule has 0 radical (unpaired) electrons. The average Bonchev–Trinajstić information content (AvgIpc) is 3.35. The maximum absolute atomic E-state index is 12.2. The molecule has 1 unspecified atom stereocenters. The van der Waals surface area contributed by atoms with E-state index in [2.05, 4.69) is 10.6 Å². The summed E-state index contributed by atoms with van der Waals surface area (Å²) in [7, 11) is 0. The number of carbonyl (C=O) groups excluding carboxylic acids is 1. The summed E-state index contributed by atoms with van der Waals surface area (Å²) in [6, 6.07) is 15.0. The number of aliphatic hydroxyl groups excluding tert-OH is 1. The van der Waals surface area contributed by atoms with Gasteiger partial charge >= 0.3 is 0 Å². The zero-order valence-electron chi connectivity index (χ0n) is 12.6. The van der Waals surface area contributed by atoms with Gasteiger partial charge in [0.25, 0.3) is 0 Å². The predicted octanol–water partition coefficient (Wildman–Crippen LogP) is 3.98. The minimum Gasteiger partial charge on any atom is -0.388 e. The molecular weight excluding hydrogens is 312 g/mol. The fourth-order valence-electron chi connectivity index (χ4n) is 2.36. The van der Waals surface area contributed by atoms with Gasteiger partial charge in [-0.25, -0.2) is 0 Å². The summed E-state index contributed by atoms with van der Waals surface area (Å²) in [5.41, 5.74) is 2.24. The van der Waals surface area contributed by atoms with E-state index in [4.69, 9.17) is 11.6 Å². The quantitative estimate of drug-likeness (QED) is 0.751. The summed E-state index contributed by atoms with van der Waals surface area (Å²) in [6.45, 7) is 0. The Morgan fingerprint density at radius 2 is 1.91 bits per heavy atom. The summed E-state index contributed by atoms with van der Waals surface area (Å²) in [5, 5.41) is 16.9. The first-order valence-corrected chi connectivity index (χ1v) is 8.08. The van der Waals surface area contributed by atoms with Crippen molar-refractivity contribution in [2.45, 2.75) is 31.4 Å². The van der Waals surface area contributed by atoms with E-state index in [1.54, 1.807) is 24.3 Å². The van der Waals surface area contributed by atoms with Crippen LogP contribution in [0.5, 0.6) is 0 Å². The first-order chi connectivity index (χ1) is 11.1. The molecule has 0 spiro atoms. The maximum atomic E-state index is 12.2. The highest BCUT2D eigenvalue weighted by molar-refractivity contribution is 6.31. The van der Waals surface area contributed by atoms with Crippen molar-refractivity contribution < 1.29 is 9.90 Å². The topological polar surface area (TPSA) is 61.4 Å². The molecule has 5 heteroatoms. The van der Waals surface area contributed by atoms with Crippen LogP contribution in [0.4, 0.5) is 11.4 Å². The van der Waals surface area contributed by atoms with Crippen LogP contribution in [0.3, 0.4) is 0 Å². The molecule has 4 nitrogen and oxygen atoms in total. The van der Waals surface area contributed by atoms with Crippen molar-refractivity contribution in [3.63, 3.8) is 0 Å². The molecule has 0 aliphatic heterocycles. The molecule has 1 aliphatic carbocycles. The first-order valence-electron chi connectivity index (χ1n) is 7.71. The van der Waals surface area contributed by atoms with Gasteiger partial charge in [0.05, 0.1) is 23.9 Å². The number of amides is 1. The van der Waals surface area contributed by atoms with Gasteiger partial charge in [0.1, 0.15) is 0 Å². The fourth-order valence-corrected chi connectivity index (χ4v) is 2.54. The van der Waals surface area contributed by atoms with Gasteiger partial charge in [0, 0.05) is 11.1 Å². The van der Waals surface area contributed by atoms with Crippen molar-refractivity contribution in [1.29, 1.82) is 0 Å². The van der Waals surface area contributed by atoms with E-state index in [0.717, 1.165) is 24.1 Å². The summed E-state index contributed by atoms with van der Waals surface area (Å²) in [5.74, 6) is -0.248. The van der Waals surface area contributed by atoms with E-state index < -0.39 is 6.10 Å². The van der Waals surface area contributed by atoms with Crippen LogP contribution in [0.15, 0.2) is 48.5 Å². The Balaban J connectivity index is 1.66. The Kier molecular flexibility index (Phi) is 4.84. The van der Waals surface area contributed by atoms with Crippen LogP contribution in [0.25, 0.3) is 0 Å². The second-order valence-corrected chi connectivity index (χ2v) is 6.22. The number of hydrogen-bond acceptors (Lipinski definition) is 3. The van der Waals surface area contributed by atoms with Gasteiger partial charge in [0.2, 0.25) is 5.91 Å². The van der Waals surface area contributed by atoms with E-state index in [1.807, 2.05) is 24.3 Å². The Bertz CT molecular complexity index is 687. The van der Waals surface area contributed by atoms with Crippen LogP contribution in [0.1, 0.15) is 30.9 Å². The van der Waals surface area contributed by atoms with Gasteiger partial charge in [-0.3, -0.25) is 4.79 Å². The molecule has 1 atom stereocenters. The normalized spacial score (nSPS) is 15.0. The molecular formula is C18H19ClN2O2. The molecule has 1 saturated carbocycles. The molecule has 2 aromatic rings. The van der Waals surface area contributed by atoms with Crippen LogP contribution in [-0.2, 0) is 4.79 Å². The highest BCUT2D eigenvalue weighted by Crippen LogP contribution is 2.31. The number of anilines is 2. The second-order valence-electron chi connectivity index (χ2n) is 5.79. The molecule has 1 amide bonds. The molecule has 23 heavy (non-hydrogen) atoms. The maximum Gasteiger partial charge on any atom is 0.227 e. The number of carbonyl (C=O) groups is 1. The van der Waals surface area contributed by atoms with Crippen LogP contribution < -0.4 is 10.6 Å². The molecule has 2 aromatic carbocycles. The van der Waals surface area contributed by atoms with Gasteiger partial charge in [0.15, 0.2) is 0 Å². The molecule has 1 fully saturated rings.